The lowest BCUT2D eigenvalue weighted by atomic mass is 10.2. The first-order valence-corrected chi connectivity index (χ1v) is 9.12. The average molecular weight is 436 g/mol. The summed E-state index contributed by atoms with van der Waals surface area (Å²) in [4.78, 5) is 21.7. The van der Waals surface area contributed by atoms with Gasteiger partial charge in [0.25, 0.3) is 0 Å². The van der Waals surface area contributed by atoms with E-state index in [4.69, 9.17) is 0 Å². The molecule has 0 heterocycles. The molecule has 3 nitrogen and oxygen atoms in total. The molecule has 0 bridgehead atoms. The third-order valence-electron chi connectivity index (χ3n) is 2.78. The Kier molecular flexibility index (Phi) is 11.5. The monoisotopic (exact) mass is 434 g/mol. The van der Waals surface area contributed by atoms with Crippen LogP contribution in [0.15, 0.2) is 27.1 Å². The maximum atomic E-state index is 11.0. The molecule has 0 unspecified atom stereocenters. The quantitative estimate of drug-likeness (QED) is 0.465. The van der Waals surface area contributed by atoms with Crippen molar-refractivity contribution >= 4 is 43.6 Å². The molecule has 22 heavy (non-hydrogen) atoms. The molecule has 1 aromatic rings. The van der Waals surface area contributed by atoms with Gasteiger partial charge in [-0.25, -0.2) is 0 Å². The van der Waals surface area contributed by atoms with Crippen LogP contribution in [0.25, 0.3) is 0 Å². The molecule has 0 saturated heterocycles. The van der Waals surface area contributed by atoms with Gasteiger partial charge in [-0.2, -0.15) is 0 Å². The highest BCUT2D eigenvalue weighted by atomic mass is 79.9. The van der Waals surface area contributed by atoms with Gasteiger partial charge in [-0.1, -0.05) is 45.7 Å². The zero-order valence-electron chi connectivity index (χ0n) is 13.6. The predicted molar refractivity (Wildman–Crippen MR) is 96.9 cm³/mol. The Morgan fingerprint density at radius 1 is 1.23 bits per heavy atom. The Balaban J connectivity index is 0.000000366. The number of rotatable bonds is 4. The Morgan fingerprint density at radius 2 is 1.82 bits per heavy atom. The van der Waals surface area contributed by atoms with Crippen LogP contribution in [0, 0.1) is 12.8 Å². The van der Waals surface area contributed by atoms with E-state index in [1.54, 1.807) is 6.92 Å². The molecule has 0 aliphatic heterocycles. The minimum absolute atomic E-state index is 0.0293. The lowest BCUT2D eigenvalue weighted by Crippen LogP contribution is -2.12. The Morgan fingerprint density at radius 3 is 2.23 bits per heavy atom. The fourth-order valence-electron chi connectivity index (χ4n) is 1.51. The van der Waals surface area contributed by atoms with E-state index in [2.05, 4.69) is 49.6 Å². The van der Waals surface area contributed by atoms with E-state index in [1.807, 2.05) is 26.0 Å². The lowest BCUT2D eigenvalue weighted by Gasteiger charge is -1.98. The van der Waals surface area contributed by atoms with Crippen molar-refractivity contribution in [1.82, 2.24) is 0 Å². The fraction of sp³-hybridized carbons (Fsp3) is 0.529. The van der Waals surface area contributed by atoms with Gasteiger partial charge < -0.3 is 4.74 Å². The van der Waals surface area contributed by atoms with E-state index >= 15 is 0 Å². The molecule has 0 spiro atoms. The van der Waals surface area contributed by atoms with Crippen LogP contribution in [-0.2, 0) is 14.3 Å². The van der Waals surface area contributed by atoms with Crippen molar-refractivity contribution in [2.45, 2.75) is 47.0 Å². The summed E-state index contributed by atoms with van der Waals surface area (Å²) in [5.41, 5.74) is 1.25. The first-order valence-electron chi connectivity index (χ1n) is 7.54. The highest BCUT2D eigenvalue weighted by molar-refractivity contribution is 9.11. The molecule has 2 rings (SSSR count). The summed E-state index contributed by atoms with van der Waals surface area (Å²) in [6.45, 7) is 8.16. The molecule has 0 aromatic heterocycles. The number of esters is 1. The molecule has 0 N–H and O–H groups in total. The summed E-state index contributed by atoms with van der Waals surface area (Å²) in [6.07, 6.45) is 1.88. The number of ether oxygens (including phenoxy) is 1. The molecule has 1 aliphatic rings. The van der Waals surface area contributed by atoms with E-state index in [9.17, 15) is 9.59 Å². The number of Topliss-reactive ketones (excluding diaryl/α,β-unsaturated/α-hetero) is 1. The van der Waals surface area contributed by atoms with Gasteiger partial charge in [0.05, 0.1) is 6.61 Å². The molecule has 0 radical (unpaired) electrons. The second-order valence-corrected chi connectivity index (χ2v) is 6.39. The lowest BCUT2D eigenvalue weighted by molar-refractivity contribution is -0.145. The molecule has 1 saturated carbocycles. The van der Waals surface area contributed by atoms with Crippen LogP contribution in [0.5, 0.6) is 0 Å². The van der Waals surface area contributed by atoms with Crippen molar-refractivity contribution in [2.24, 2.45) is 5.92 Å². The zero-order valence-corrected chi connectivity index (χ0v) is 16.8. The largest absolute Gasteiger partial charge is 0.466 e. The van der Waals surface area contributed by atoms with Crippen LogP contribution < -0.4 is 0 Å². The van der Waals surface area contributed by atoms with Gasteiger partial charge >= 0.3 is 5.97 Å². The van der Waals surface area contributed by atoms with Crippen molar-refractivity contribution in [2.75, 3.05) is 6.61 Å². The Bertz CT molecular complexity index is 483. The molecule has 0 atom stereocenters. The topological polar surface area (TPSA) is 43.4 Å². The van der Waals surface area contributed by atoms with E-state index in [-0.39, 0.29) is 24.1 Å². The minimum Gasteiger partial charge on any atom is -0.466 e. The Labute approximate surface area is 150 Å². The number of carbonyl (C=O) groups is 2. The molecule has 5 heteroatoms. The summed E-state index contributed by atoms with van der Waals surface area (Å²) in [6, 6.07) is 6.11. The van der Waals surface area contributed by atoms with Crippen LogP contribution in [0.3, 0.4) is 0 Å². The van der Waals surface area contributed by atoms with Gasteiger partial charge in [-0.3, -0.25) is 9.59 Å². The van der Waals surface area contributed by atoms with Crippen LogP contribution in [0.4, 0.5) is 0 Å². The van der Waals surface area contributed by atoms with E-state index in [1.165, 1.54) is 5.56 Å². The number of ketones is 1. The number of benzene rings is 1. The smallest absolute Gasteiger partial charge is 0.313 e. The van der Waals surface area contributed by atoms with Crippen molar-refractivity contribution in [1.29, 1.82) is 0 Å². The second-order valence-electron chi connectivity index (χ2n) is 4.62. The highest BCUT2D eigenvalue weighted by Crippen LogP contribution is 2.30. The summed E-state index contributed by atoms with van der Waals surface area (Å²) in [5.74, 6) is -0.174. The third-order valence-corrected chi connectivity index (χ3v) is 4.16. The molecular weight excluding hydrogens is 412 g/mol. The first-order chi connectivity index (χ1) is 10.4. The van der Waals surface area contributed by atoms with Gasteiger partial charge in [0.1, 0.15) is 12.2 Å². The molecule has 1 aromatic carbocycles. The maximum absolute atomic E-state index is 11.0. The standard InChI is InChI=1S/C8H12O3.C7H6Br2.C2H6/c1-2-11-8(10)5-7(9)6-3-4-6;1-5-4-6(8)2-3-7(5)9;1-2/h6H,2-5H2,1H3;2-4H,1H3;1-2H3. The third kappa shape index (κ3) is 9.36. The number of carbonyl (C=O) groups excluding carboxylic acids is 2. The second kappa shape index (κ2) is 11.8. The van der Waals surface area contributed by atoms with Gasteiger partial charge in [0.15, 0.2) is 0 Å². The number of halogens is 2. The van der Waals surface area contributed by atoms with Crippen molar-refractivity contribution in [3.63, 3.8) is 0 Å². The Hall–Kier alpha value is -0.680. The summed E-state index contributed by atoms with van der Waals surface area (Å²) in [5, 5.41) is 0. The molecule has 124 valence electrons. The molecule has 1 aliphatic carbocycles. The van der Waals surface area contributed by atoms with Gasteiger partial charge in [0, 0.05) is 14.9 Å². The van der Waals surface area contributed by atoms with Gasteiger partial charge in [-0.05, 0) is 50.5 Å². The number of hydrogen-bond acceptors (Lipinski definition) is 3. The predicted octanol–water partition coefficient (Wildman–Crippen LogP) is 5.46. The number of hydrogen-bond donors (Lipinski definition) is 0. The summed E-state index contributed by atoms with van der Waals surface area (Å²) >= 11 is 6.78. The molecule has 0 amide bonds. The zero-order chi connectivity index (χ0) is 17.1. The average Bonchev–Trinajstić information content (AvgIpc) is 3.31. The van der Waals surface area contributed by atoms with E-state index in [0.717, 1.165) is 21.8 Å². The maximum Gasteiger partial charge on any atom is 0.313 e. The van der Waals surface area contributed by atoms with Crippen LogP contribution in [-0.4, -0.2) is 18.4 Å². The van der Waals surface area contributed by atoms with E-state index < -0.39 is 0 Å². The highest BCUT2D eigenvalue weighted by Gasteiger charge is 2.30. The molecular formula is C17H24Br2O3. The first kappa shape index (κ1) is 21.3. The summed E-state index contributed by atoms with van der Waals surface area (Å²) in [7, 11) is 0. The van der Waals surface area contributed by atoms with Crippen LogP contribution >= 0.6 is 31.9 Å². The van der Waals surface area contributed by atoms with Crippen molar-refractivity contribution in [3.8, 4) is 0 Å². The minimum atomic E-state index is -0.385. The fourth-order valence-corrected chi connectivity index (χ4v) is 2.23. The van der Waals surface area contributed by atoms with Crippen LogP contribution in [0.1, 0.15) is 45.6 Å². The van der Waals surface area contributed by atoms with Gasteiger partial charge in [-0.15, -0.1) is 0 Å². The summed E-state index contributed by atoms with van der Waals surface area (Å²) < 4.78 is 6.92. The molecule has 1 fully saturated rings. The van der Waals surface area contributed by atoms with Crippen LogP contribution in [0.2, 0.25) is 0 Å². The van der Waals surface area contributed by atoms with Crippen molar-refractivity contribution < 1.29 is 14.3 Å². The SMILES string of the molecule is CC.CCOC(=O)CC(=O)C1CC1.Cc1cc(Br)ccc1Br. The van der Waals surface area contributed by atoms with Crippen molar-refractivity contribution in [3.05, 3.63) is 32.7 Å². The normalized spacial score (nSPS) is 12.3. The number of aryl methyl sites for hydroxylation is 1. The van der Waals surface area contributed by atoms with E-state index in [0.29, 0.717) is 6.61 Å². The van der Waals surface area contributed by atoms with Gasteiger partial charge in [0.2, 0.25) is 0 Å².